The van der Waals surface area contributed by atoms with Crippen molar-refractivity contribution in [2.45, 2.75) is 52.9 Å². The van der Waals surface area contributed by atoms with Gasteiger partial charge in [0, 0.05) is 13.0 Å². The van der Waals surface area contributed by atoms with Gasteiger partial charge in [-0.15, -0.1) is 5.10 Å². The molecule has 1 saturated carbocycles. The second-order valence-electron chi connectivity index (χ2n) is 7.33. The van der Waals surface area contributed by atoms with E-state index in [1.807, 2.05) is 17.9 Å². The van der Waals surface area contributed by atoms with E-state index in [1.165, 1.54) is 25.0 Å². The van der Waals surface area contributed by atoms with E-state index in [1.54, 1.807) is 0 Å². The Morgan fingerprint density at radius 1 is 1.35 bits per heavy atom. The first kappa shape index (κ1) is 15.5. The van der Waals surface area contributed by atoms with E-state index in [9.17, 15) is 0 Å². The fraction of sp³-hybridized carbons (Fsp3) is 0.875. The largest absolute Gasteiger partial charge is 0.317 e. The second-order valence-corrected chi connectivity index (χ2v) is 7.33. The molecule has 1 fully saturated rings. The zero-order valence-electron chi connectivity index (χ0n) is 13.7. The Balaban J connectivity index is 2.17. The van der Waals surface area contributed by atoms with E-state index in [2.05, 4.69) is 43.3 Å². The summed E-state index contributed by atoms with van der Waals surface area (Å²) in [5, 5.41) is 11.8. The first-order valence-electron chi connectivity index (χ1n) is 7.98. The average Bonchev–Trinajstić information content (AvgIpc) is 2.81. The first-order chi connectivity index (χ1) is 9.43. The van der Waals surface area contributed by atoms with Gasteiger partial charge in [0.2, 0.25) is 0 Å². The molecule has 0 saturated heterocycles. The highest BCUT2D eigenvalue weighted by Gasteiger charge is 2.37. The Morgan fingerprint density at radius 3 is 2.65 bits per heavy atom. The van der Waals surface area contributed by atoms with Crippen molar-refractivity contribution in [2.24, 2.45) is 24.3 Å². The van der Waals surface area contributed by atoms with Crippen molar-refractivity contribution >= 4 is 0 Å². The van der Waals surface area contributed by atoms with Gasteiger partial charge >= 0.3 is 0 Å². The molecule has 0 bridgehead atoms. The van der Waals surface area contributed by atoms with Crippen LogP contribution in [0.5, 0.6) is 0 Å². The minimum Gasteiger partial charge on any atom is -0.317 e. The summed E-state index contributed by atoms with van der Waals surface area (Å²) in [7, 11) is 2.02. The molecule has 1 N–H and O–H groups in total. The molecule has 3 atom stereocenters. The molecular weight excluding hydrogens is 248 g/mol. The van der Waals surface area contributed by atoms with Crippen molar-refractivity contribution in [3.8, 4) is 0 Å². The van der Waals surface area contributed by atoms with Crippen molar-refractivity contribution in [3.05, 3.63) is 11.9 Å². The van der Waals surface area contributed by atoms with Crippen LogP contribution in [-0.4, -0.2) is 28.1 Å². The molecule has 0 amide bonds. The zero-order chi connectivity index (χ0) is 14.8. The summed E-state index contributed by atoms with van der Waals surface area (Å²) in [4.78, 5) is 0. The molecule has 0 aromatic carbocycles. The Labute approximate surface area is 123 Å². The Hall–Kier alpha value is -0.900. The van der Waals surface area contributed by atoms with Gasteiger partial charge in [-0.25, -0.2) is 0 Å². The molecule has 1 aliphatic rings. The molecule has 4 heteroatoms. The van der Waals surface area contributed by atoms with Crippen molar-refractivity contribution in [3.63, 3.8) is 0 Å². The van der Waals surface area contributed by atoms with Gasteiger partial charge in [0.05, 0.1) is 11.9 Å². The van der Waals surface area contributed by atoms with Crippen LogP contribution in [0, 0.1) is 17.3 Å². The molecule has 0 radical (unpaired) electrons. The summed E-state index contributed by atoms with van der Waals surface area (Å²) in [5.41, 5.74) is 1.70. The lowest BCUT2D eigenvalue weighted by Crippen LogP contribution is -2.36. The summed E-state index contributed by atoms with van der Waals surface area (Å²) in [6, 6.07) is 0. The smallest absolute Gasteiger partial charge is 0.0728 e. The predicted molar refractivity (Wildman–Crippen MR) is 82.6 cm³/mol. The average molecular weight is 278 g/mol. The highest BCUT2D eigenvalue weighted by atomic mass is 15.4. The third-order valence-corrected chi connectivity index (χ3v) is 5.00. The molecule has 114 valence electrons. The van der Waals surface area contributed by atoms with Crippen LogP contribution in [0.1, 0.15) is 58.6 Å². The molecule has 0 spiro atoms. The van der Waals surface area contributed by atoms with Gasteiger partial charge in [-0.1, -0.05) is 32.9 Å². The Bertz CT molecular complexity index is 418. The molecule has 20 heavy (non-hydrogen) atoms. The topological polar surface area (TPSA) is 42.7 Å². The Kier molecular flexibility index (Phi) is 4.84. The van der Waals surface area contributed by atoms with Crippen molar-refractivity contribution in [1.29, 1.82) is 0 Å². The standard InChI is InChI=1S/C16H30N4/c1-6-17-10-12-7-8-13(16(2,3)4)9-14(12)15-11-18-19-20(15)5/h11-14,17H,6-10H2,1-5H3. The van der Waals surface area contributed by atoms with Gasteiger partial charge in [-0.2, -0.15) is 0 Å². The van der Waals surface area contributed by atoms with E-state index in [0.29, 0.717) is 17.3 Å². The van der Waals surface area contributed by atoms with Gasteiger partial charge in [0.15, 0.2) is 0 Å². The number of hydrogen-bond donors (Lipinski definition) is 1. The third kappa shape index (κ3) is 3.40. The van der Waals surface area contributed by atoms with Gasteiger partial charge in [0.1, 0.15) is 0 Å². The van der Waals surface area contributed by atoms with E-state index in [4.69, 9.17) is 0 Å². The third-order valence-electron chi connectivity index (χ3n) is 5.00. The lowest BCUT2D eigenvalue weighted by atomic mass is 9.65. The van der Waals surface area contributed by atoms with Crippen molar-refractivity contribution < 1.29 is 0 Å². The molecule has 1 heterocycles. The Morgan fingerprint density at radius 2 is 2.10 bits per heavy atom. The molecule has 1 aromatic heterocycles. The van der Waals surface area contributed by atoms with Gasteiger partial charge in [0.25, 0.3) is 0 Å². The van der Waals surface area contributed by atoms with Crippen LogP contribution in [-0.2, 0) is 7.05 Å². The fourth-order valence-electron chi connectivity index (χ4n) is 3.59. The fourth-order valence-corrected chi connectivity index (χ4v) is 3.59. The minimum atomic E-state index is 0.396. The maximum absolute atomic E-state index is 4.14. The van der Waals surface area contributed by atoms with Crippen molar-refractivity contribution in [1.82, 2.24) is 20.3 Å². The monoisotopic (exact) mass is 278 g/mol. The molecule has 4 nitrogen and oxygen atoms in total. The van der Waals surface area contributed by atoms with Crippen LogP contribution >= 0.6 is 0 Å². The highest BCUT2D eigenvalue weighted by molar-refractivity contribution is 5.08. The zero-order valence-corrected chi connectivity index (χ0v) is 13.7. The summed E-state index contributed by atoms with van der Waals surface area (Å²) in [6.07, 6.45) is 5.89. The van der Waals surface area contributed by atoms with E-state index in [0.717, 1.165) is 19.0 Å². The summed E-state index contributed by atoms with van der Waals surface area (Å²) >= 11 is 0. The number of hydrogen-bond acceptors (Lipinski definition) is 3. The molecule has 1 aromatic rings. The summed E-state index contributed by atoms with van der Waals surface area (Å²) < 4.78 is 1.97. The number of aryl methyl sites for hydroxylation is 1. The van der Waals surface area contributed by atoms with Crippen LogP contribution < -0.4 is 5.32 Å². The van der Waals surface area contributed by atoms with Crippen LogP contribution in [0.2, 0.25) is 0 Å². The maximum Gasteiger partial charge on any atom is 0.0728 e. The number of nitrogens with zero attached hydrogens (tertiary/aromatic N) is 3. The predicted octanol–water partition coefficient (Wildman–Crippen LogP) is 2.97. The molecule has 2 rings (SSSR count). The van der Waals surface area contributed by atoms with Crippen LogP contribution in [0.4, 0.5) is 0 Å². The normalized spacial score (nSPS) is 27.8. The lowest BCUT2D eigenvalue weighted by molar-refractivity contribution is 0.126. The van der Waals surface area contributed by atoms with Crippen LogP contribution in [0.3, 0.4) is 0 Å². The van der Waals surface area contributed by atoms with Crippen LogP contribution in [0.25, 0.3) is 0 Å². The van der Waals surface area contributed by atoms with E-state index in [-0.39, 0.29) is 0 Å². The van der Waals surface area contributed by atoms with E-state index >= 15 is 0 Å². The maximum atomic E-state index is 4.14. The highest BCUT2D eigenvalue weighted by Crippen LogP contribution is 2.46. The lowest BCUT2D eigenvalue weighted by Gasteiger charge is -2.42. The van der Waals surface area contributed by atoms with Crippen molar-refractivity contribution in [2.75, 3.05) is 13.1 Å². The van der Waals surface area contributed by atoms with Crippen LogP contribution in [0.15, 0.2) is 6.20 Å². The number of aromatic nitrogens is 3. The SMILES string of the molecule is CCNCC1CCC(C(C)(C)C)CC1c1cnnn1C. The van der Waals surface area contributed by atoms with Gasteiger partial charge in [-0.3, -0.25) is 4.68 Å². The minimum absolute atomic E-state index is 0.396. The first-order valence-corrected chi connectivity index (χ1v) is 7.98. The quantitative estimate of drug-likeness (QED) is 0.920. The van der Waals surface area contributed by atoms with Gasteiger partial charge < -0.3 is 5.32 Å². The molecule has 3 unspecified atom stereocenters. The van der Waals surface area contributed by atoms with E-state index < -0.39 is 0 Å². The molecule has 1 aliphatic carbocycles. The summed E-state index contributed by atoms with van der Waals surface area (Å²) in [5.74, 6) is 2.10. The van der Waals surface area contributed by atoms with Gasteiger partial charge in [-0.05, 0) is 49.6 Å². The number of nitrogens with one attached hydrogen (secondary N) is 1. The summed E-state index contributed by atoms with van der Waals surface area (Å²) in [6.45, 7) is 11.5. The molecular formula is C16H30N4. The second kappa shape index (κ2) is 6.25. The molecule has 0 aliphatic heterocycles. The number of rotatable bonds is 4.